The van der Waals surface area contributed by atoms with Gasteiger partial charge in [0, 0.05) is 43.2 Å². The Bertz CT molecular complexity index is 842. The van der Waals surface area contributed by atoms with E-state index in [1.807, 2.05) is 23.0 Å². The predicted molar refractivity (Wildman–Crippen MR) is 98.1 cm³/mol. The summed E-state index contributed by atoms with van der Waals surface area (Å²) in [6.45, 7) is 5.20. The summed E-state index contributed by atoms with van der Waals surface area (Å²) < 4.78 is 20.8. The van der Waals surface area contributed by atoms with Crippen LogP contribution in [0.2, 0.25) is 0 Å². The van der Waals surface area contributed by atoms with E-state index in [-0.39, 0.29) is 5.82 Å². The van der Waals surface area contributed by atoms with E-state index in [1.165, 1.54) is 12.1 Å². The summed E-state index contributed by atoms with van der Waals surface area (Å²) in [4.78, 5) is 6.50. The Morgan fingerprint density at radius 2 is 1.65 bits per heavy atom. The molecule has 1 aromatic carbocycles. The third kappa shape index (κ3) is 3.66. The number of morpholine rings is 1. The first-order chi connectivity index (χ1) is 12.8. The molecule has 1 fully saturated rings. The van der Waals surface area contributed by atoms with Crippen molar-refractivity contribution >= 4 is 0 Å². The quantitative estimate of drug-likeness (QED) is 0.708. The molecule has 134 valence electrons. The first-order valence-corrected chi connectivity index (χ1v) is 8.83. The van der Waals surface area contributed by atoms with Crippen LogP contribution in [0.3, 0.4) is 0 Å². The summed E-state index contributed by atoms with van der Waals surface area (Å²) >= 11 is 0. The number of hydrogen-bond donors (Lipinski definition) is 0. The SMILES string of the molecule is Fc1ccc(-c2cnn(CCN3CCOCC3)c2-c2ccncc2)cc1. The topological polar surface area (TPSA) is 43.2 Å². The molecule has 5 nitrogen and oxygen atoms in total. The fraction of sp³-hybridized carbons (Fsp3) is 0.300. The van der Waals surface area contributed by atoms with Crippen molar-refractivity contribution in [3.05, 3.63) is 60.8 Å². The summed E-state index contributed by atoms with van der Waals surface area (Å²) in [5.74, 6) is -0.237. The largest absolute Gasteiger partial charge is 0.379 e. The minimum absolute atomic E-state index is 0.237. The van der Waals surface area contributed by atoms with Gasteiger partial charge < -0.3 is 4.74 Å². The lowest BCUT2D eigenvalue weighted by Gasteiger charge is -2.26. The zero-order valence-electron chi connectivity index (χ0n) is 14.5. The molecule has 0 atom stereocenters. The monoisotopic (exact) mass is 352 g/mol. The highest BCUT2D eigenvalue weighted by Gasteiger charge is 2.16. The standard InChI is InChI=1S/C20H21FN4O/c21-18-3-1-16(2-4-18)19-15-23-25(10-9-24-11-13-26-14-12-24)20(19)17-5-7-22-8-6-17/h1-8,15H,9-14H2. The highest BCUT2D eigenvalue weighted by molar-refractivity contribution is 5.80. The first kappa shape index (κ1) is 16.9. The highest BCUT2D eigenvalue weighted by Crippen LogP contribution is 2.32. The number of aromatic nitrogens is 3. The van der Waals surface area contributed by atoms with Gasteiger partial charge >= 0.3 is 0 Å². The van der Waals surface area contributed by atoms with Crippen LogP contribution in [0.1, 0.15) is 0 Å². The zero-order valence-corrected chi connectivity index (χ0v) is 14.5. The second-order valence-electron chi connectivity index (χ2n) is 6.33. The fourth-order valence-corrected chi connectivity index (χ4v) is 3.27. The van der Waals surface area contributed by atoms with Gasteiger partial charge in [0.1, 0.15) is 5.82 Å². The molecule has 0 bridgehead atoms. The lowest BCUT2D eigenvalue weighted by Crippen LogP contribution is -2.38. The molecule has 4 rings (SSSR count). The van der Waals surface area contributed by atoms with Gasteiger partial charge in [-0.05, 0) is 29.8 Å². The van der Waals surface area contributed by atoms with Crippen molar-refractivity contribution in [2.24, 2.45) is 0 Å². The van der Waals surface area contributed by atoms with Crippen molar-refractivity contribution in [3.8, 4) is 22.4 Å². The zero-order chi connectivity index (χ0) is 17.8. The smallest absolute Gasteiger partial charge is 0.123 e. The second kappa shape index (κ2) is 7.76. The van der Waals surface area contributed by atoms with Crippen LogP contribution in [0.4, 0.5) is 4.39 Å². The number of hydrogen-bond acceptors (Lipinski definition) is 4. The van der Waals surface area contributed by atoms with E-state index in [0.29, 0.717) is 0 Å². The van der Waals surface area contributed by atoms with E-state index < -0.39 is 0 Å². The van der Waals surface area contributed by atoms with Crippen LogP contribution >= 0.6 is 0 Å². The van der Waals surface area contributed by atoms with Crippen molar-refractivity contribution in [2.75, 3.05) is 32.8 Å². The Hall–Kier alpha value is -2.57. The molecule has 1 aliphatic rings. The number of halogens is 1. The maximum atomic E-state index is 13.3. The van der Waals surface area contributed by atoms with Crippen molar-refractivity contribution in [1.29, 1.82) is 0 Å². The number of pyridine rings is 1. The normalized spacial score (nSPS) is 15.3. The van der Waals surface area contributed by atoms with Crippen LogP contribution in [0.15, 0.2) is 55.0 Å². The molecule has 0 saturated carbocycles. The van der Waals surface area contributed by atoms with Gasteiger partial charge in [0.05, 0.1) is 31.6 Å². The van der Waals surface area contributed by atoms with Gasteiger partial charge in [0.15, 0.2) is 0 Å². The molecule has 0 unspecified atom stereocenters. The molecule has 0 amide bonds. The van der Waals surface area contributed by atoms with Gasteiger partial charge in [-0.1, -0.05) is 12.1 Å². The summed E-state index contributed by atoms with van der Waals surface area (Å²) in [6.07, 6.45) is 5.43. The molecule has 0 N–H and O–H groups in total. The van der Waals surface area contributed by atoms with E-state index in [9.17, 15) is 4.39 Å². The predicted octanol–water partition coefficient (Wildman–Crippen LogP) is 3.08. The van der Waals surface area contributed by atoms with Crippen molar-refractivity contribution < 1.29 is 9.13 Å². The second-order valence-corrected chi connectivity index (χ2v) is 6.33. The Balaban J connectivity index is 1.66. The summed E-state index contributed by atoms with van der Waals surface area (Å²) in [5.41, 5.74) is 4.04. The van der Waals surface area contributed by atoms with E-state index in [0.717, 1.165) is 61.8 Å². The van der Waals surface area contributed by atoms with Crippen LogP contribution in [-0.2, 0) is 11.3 Å². The van der Waals surface area contributed by atoms with Gasteiger partial charge in [-0.15, -0.1) is 0 Å². The maximum absolute atomic E-state index is 13.3. The Kier molecular flexibility index (Phi) is 5.04. The van der Waals surface area contributed by atoms with Gasteiger partial charge in [-0.25, -0.2) is 4.39 Å². The molecule has 3 heterocycles. The highest BCUT2D eigenvalue weighted by atomic mass is 19.1. The van der Waals surface area contributed by atoms with Crippen LogP contribution in [0.25, 0.3) is 22.4 Å². The van der Waals surface area contributed by atoms with Crippen LogP contribution in [-0.4, -0.2) is 52.5 Å². The Labute approximate surface area is 152 Å². The average molecular weight is 352 g/mol. The van der Waals surface area contributed by atoms with Crippen LogP contribution < -0.4 is 0 Å². The van der Waals surface area contributed by atoms with Crippen LogP contribution in [0, 0.1) is 5.82 Å². The van der Waals surface area contributed by atoms with E-state index in [1.54, 1.807) is 24.5 Å². The molecule has 1 saturated heterocycles. The third-order valence-corrected chi connectivity index (χ3v) is 4.68. The molecule has 3 aromatic rings. The molecule has 6 heteroatoms. The molecule has 26 heavy (non-hydrogen) atoms. The third-order valence-electron chi connectivity index (χ3n) is 4.68. The Morgan fingerprint density at radius 1 is 0.923 bits per heavy atom. The number of rotatable bonds is 5. The number of nitrogens with zero attached hydrogens (tertiary/aromatic N) is 4. The Morgan fingerprint density at radius 3 is 2.38 bits per heavy atom. The fourth-order valence-electron chi connectivity index (χ4n) is 3.27. The minimum atomic E-state index is -0.237. The maximum Gasteiger partial charge on any atom is 0.123 e. The molecule has 0 radical (unpaired) electrons. The molecule has 1 aliphatic heterocycles. The summed E-state index contributed by atoms with van der Waals surface area (Å²) in [5, 5.41) is 4.62. The van der Waals surface area contributed by atoms with Crippen molar-refractivity contribution in [1.82, 2.24) is 19.7 Å². The minimum Gasteiger partial charge on any atom is -0.379 e. The molecule has 0 spiro atoms. The molecular formula is C20H21FN4O. The van der Waals surface area contributed by atoms with E-state index in [4.69, 9.17) is 4.74 Å². The summed E-state index contributed by atoms with van der Waals surface area (Å²) in [6, 6.07) is 10.5. The van der Waals surface area contributed by atoms with Gasteiger partial charge in [0.25, 0.3) is 0 Å². The summed E-state index contributed by atoms with van der Waals surface area (Å²) in [7, 11) is 0. The van der Waals surface area contributed by atoms with E-state index in [2.05, 4.69) is 15.0 Å². The molecule has 2 aromatic heterocycles. The molecular weight excluding hydrogens is 331 g/mol. The lowest BCUT2D eigenvalue weighted by molar-refractivity contribution is 0.0360. The number of ether oxygens (including phenoxy) is 1. The van der Waals surface area contributed by atoms with E-state index >= 15 is 0 Å². The van der Waals surface area contributed by atoms with Gasteiger partial charge in [-0.3, -0.25) is 14.6 Å². The van der Waals surface area contributed by atoms with Crippen LogP contribution in [0.5, 0.6) is 0 Å². The first-order valence-electron chi connectivity index (χ1n) is 8.83. The lowest BCUT2D eigenvalue weighted by atomic mass is 10.0. The van der Waals surface area contributed by atoms with Crippen molar-refractivity contribution in [2.45, 2.75) is 6.54 Å². The number of benzene rings is 1. The average Bonchev–Trinajstić information content (AvgIpc) is 3.12. The van der Waals surface area contributed by atoms with Gasteiger partial charge in [0.2, 0.25) is 0 Å². The van der Waals surface area contributed by atoms with Crippen molar-refractivity contribution in [3.63, 3.8) is 0 Å². The van der Waals surface area contributed by atoms with Gasteiger partial charge in [-0.2, -0.15) is 5.10 Å². The molecule has 0 aliphatic carbocycles.